The summed E-state index contributed by atoms with van der Waals surface area (Å²) in [6, 6.07) is 4.73. The molecule has 9 nitrogen and oxygen atoms in total. The first kappa shape index (κ1) is 15.5. The van der Waals surface area contributed by atoms with Crippen molar-refractivity contribution < 1.29 is 27.4 Å². The molecule has 0 aliphatic carbocycles. The summed E-state index contributed by atoms with van der Waals surface area (Å²) in [6.45, 7) is 0. The van der Waals surface area contributed by atoms with Crippen LogP contribution in [-0.4, -0.2) is 31.6 Å². The fourth-order valence-corrected chi connectivity index (χ4v) is 1.82. The molecule has 3 rings (SSSR count). The van der Waals surface area contributed by atoms with E-state index >= 15 is 0 Å². The number of nitro groups is 1. The van der Waals surface area contributed by atoms with Gasteiger partial charge in [0, 0.05) is 5.56 Å². The van der Waals surface area contributed by atoms with E-state index in [4.69, 9.17) is 4.52 Å². The molecule has 2 heterocycles. The Balaban J connectivity index is 1.85. The Bertz CT molecular complexity index is 871. The Morgan fingerprint density at radius 3 is 2.58 bits per heavy atom. The van der Waals surface area contributed by atoms with Crippen molar-refractivity contribution in [3.05, 3.63) is 40.6 Å². The molecule has 24 heavy (non-hydrogen) atoms. The van der Waals surface area contributed by atoms with Crippen LogP contribution in [0.4, 0.5) is 18.9 Å². The van der Waals surface area contributed by atoms with E-state index in [-0.39, 0.29) is 23.1 Å². The molecule has 1 aromatic carbocycles. The zero-order chi connectivity index (χ0) is 17.3. The van der Waals surface area contributed by atoms with E-state index in [9.17, 15) is 23.3 Å². The number of nitrogens with zero attached hydrogens (tertiary/aromatic N) is 4. The Kier molecular flexibility index (Phi) is 3.63. The fourth-order valence-electron chi connectivity index (χ4n) is 1.82. The van der Waals surface area contributed by atoms with Gasteiger partial charge in [0.05, 0.1) is 4.92 Å². The molecule has 0 aliphatic heterocycles. The minimum atomic E-state index is -4.79. The monoisotopic (exact) mass is 341 g/mol. The standard InChI is InChI=1S/C12H6F3N5O4/c13-12(14,15)23-7-3-1-6(2-4-7)10-17-11(24-19-10)9-8(20(21)22)5-16-18-9/h1-5H,(H,16,18). The average molecular weight is 341 g/mol. The van der Waals surface area contributed by atoms with Crippen LogP contribution in [0.25, 0.3) is 23.0 Å². The zero-order valence-electron chi connectivity index (χ0n) is 11.4. The van der Waals surface area contributed by atoms with Gasteiger partial charge in [-0.1, -0.05) is 5.16 Å². The van der Waals surface area contributed by atoms with Gasteiger partial charge in [0.1, 0.15) is 11.9 Å². The highest BCUT2D eigenvalue weighted by atomic mass is 19.4. The normalized spacial score (nSPS) is 11.5. The molecule has 12 heteroatoms. The van der Waals surface area contributed by atoms with Gasteiger partial charge < -0.3 is 9.26 Å². The van der Waals surface area contributed by atoms with Crippen LogP contribution >= 0.6 is 0 Å². The molecule has 0 unspecified atom stereocenters. The summed E-state index contributed by atoms with van der Waals surface area (Å²) < 4.78 is 45.0. The zero-order valence-corrected chi connectivity index (χ0v) is 11.4. The second-order valence-electron chi connectivity index (χ2n) is 4.37. The number of nitrogens with one attached hydrogen (secondary N) is 1. The van der Waals surface area contributed by atoms with Gasteiger partial charge in [-0.25, -0.2) is 0 Å². The van der Waals surface area contributed by atoms with Crippen molar-refractivity contribution in [3.63, 3.8) is 0 Å². The molecule has 0 bridgehead atoms. The van der Waals surface area contributed by atoms with Crippen LogP contribution in [0.1, 0.15) is 0 Å². The number of halogens is 3. The van der Waals surface area contributed by atoms with Crippen molar-refractivity contribution >= 4 is 5.69 Å². The van der Waals surface area contributed by atoms with E-state index < -0.39 is 17.0 Å². The first-order valence-corrected chi connectivity index (χ1v) is 6.22. The summed E-state index contributed by atoms with van der Waals surface area (Å²) in [5.41, 5.74) is -0.160. The highest BCUT2D eigenvalue weighted by Crippen LogP contribution is 2.29. The van der Waals surface area contributed by atoms with Gasteiger partial charge in [-0.3, -0.25) is 15.2 Å². The highest BCUT2D eigenvalue weighted by Gasteiger charge is 2.31. The third-order valence-electron chi connectivity index (χ3n) is 2.79. The van der Waals surface area contributed by atoms with Gasteiger partial charge in [-0.05, 0) is 24.3 Å². The molecular weight excluding hydrogens is 335 g/mol. The number of H-pyrrole nitrogens is 1. The van der Waals surface area contributed by atoms with Crippen LogP contribution in [0.15, 0.2) is 35.0 Å². The van der Waals surface area contributed by atoms with Crippen molar-refractivity contribution in [2.75, 3.05) is 0 Å². The van der Waals surface area contributed by atoms with E-state index in [0.717, 1.165) is 18.3 Å². The Hall–Kier alpha value is -3.44. The van der Waals surface area contributed by atoms with E-state index in [1.54, 1.807) is 0 Å². The molecule has 0 aliphatic rings. The largest absolute Gasteiger partial charge is 0.573 e. The topological polar surface area (TPSA) is 120 Å². The lowest BCUT2D eigenvalue weighted by Gasteiger charge is -2.08. The highest BCUT2D eigenvalue weighted by molar-refractivity contribution is 5.64. The number of benzene rings is 1. The van der Waals surface area contributed by atoms with Crippen LogP contribution in [-0.2, 0) is 0 Å². The van der Waals surface area contributed by atoms with Crippen LogP contribution in [0.3, 0.4) is 0 Å². The molecule has 0 radical (unpaired) electrons. The first-order valence-electron chi connectivity index (χ1n) is 6.22. The maximum absolute atomic E-state index is 12.1. The second kappa shape index (κ2) is 5.64. The summed E-state index contributed by atoms with van der Waals surface area (Å²) in [5, 5.41) is 20.4. The maximum atomic E-state index is 12.1. The fraction of sp³-hybridized carbons (Fsp3) is 0.0833. The predicted molar refractivity (Wildman–Crippen MR) is 70.7 cm³/mol. The molecule has 1 N–H and O–H groups in total. The maximum Gasteiger partial charge on any atom is 0.573 e. The Morgan fingerprint density at radius 1 is 1.25 bits per heavy atom. The molecule has 0 saturated carbocycles. The van der Waals surface area contributed by atoms with E-state index in [0.29, 0.717) is 5.56 Å². The van der Waals surface area contributed by atoms with Crippen LogP contribution < -0.4 is 4.74 Å². The molecule has 0 spiro atoms. The molecule has 2 aromatic heterocycles. The number of aromatic nitrogens is 4. The minimum absolute atomic E-state index is 0.0286. The van der Waals surface area contributed by atoms with Gasteiger partial charge in [0.15, 0.2) is 0 Å². The number of aromatic amines is 1. The predicted octanol–water partition coefficient (Wildman–Crippen LogP) is 2.93. The Labute approximate surface area is 130 Å². The van der Waals surface area contributed by atoms with E-state index in [1.807, 2.05) is 0 Å². The van der Waals surface area contributed by atoms with Gasteiger partial charge in [-0.15, -0.1) is 13.2 Å². The average Bonchev–Trinajstić information content (AvgIpc) is 3.15. The number of hydrogen-bond acceptors (Lipinski definition) is 7. The third-order valence-corrected chi connectivity index (χ3v) is 2.79. The van der Waals surface area contributed by atoms with Gasteiger partial charge in [0.25, 0.3) is 5.89 Å². The summed E-state index contributed by atoms with van der Waals surface area (Å²) in [5.74, 6) is -0.577. The molecule has 3 aromatic rings. The summed E-state index contributed by atoms with van der Waals surface area (Å²) in [6.07, 6.45) is -3.73. The summed E-state index contributed by atoms with van der Waals surface area (Å²) >= 11 is 0. The molecule has 0 saturated heterocycles. The molecule has 0 atom stereocenters. The summed E-state index contributed by atoms with van der Waals surface area (Å²) in [7, 11) is 0. The quantitative estimate of drug-likeness (QED) is 0.572. The summed E-state index contributed by atoms with van der Waals surface area (Å²) in [4.78, 5) is 14.1. The lowest BCUT2D eigenvalue weighted by atomic mass is 10.2. The van der Waals surface area contributed by atoms with Crippen molar-refractivity contribution in [2.45, 2.75) is 6.36 Å². The Morgan fingerprint density at radius 2 is 1.96 bits per heavy atom. The van der Waals surface area contributed by atoms with E-state index in [2.05, 4.69) is 25.1 Å². The third kappa shape index (κ3) is 3.16. The van der Waals surface area contributed by atoms with Crippen LogP contribution in [0, 0.1) is 10.1 Å². The van der Waals surface area contributed by atoms with Crippen molar-refractivity contribution in [3.8, 4) is 28.7 Å². The molecule has 0 amide bonds. The molecular formula is C12H6F3N5O4. The number of alkyl halides is 3. The van der Waals surface area contributed by atoms with Crippen molar-refractivity contribution in [1.82, 2.24) is 20.3 Å². The number of hydrogen-bond donors (Lipinski definition) is 1. The van der Waals surface area contributed by atoms with E-state index in [1.165, 1.54) is 12.1 Å². The van der Waals surface area contributed by atoms with Gasteiger partial charge in [0.2, 0.25) is 11.5 Å². The minimum Gasteiger partial charge on any atom is -0.406 e. The smallest absolute Gasteiger partial charge is 0.406 e. The van der Waals surface area contributed by atoms with Crippen molar-refractivity contribution in [2.24, 2.45) is 0 Å². The molecule has 124 valence electrons. The lowest BCUT2D eigenvalue weighted by molar-refractivity contribution is -0.384. The first-order chi connectivity index (χ1) is 11.3. The lowest BCUT2D eigenvalue weighted by Crippen LogP contribution is -2.16. The van der Waals surface area contributed by atoms with Gasteiger partial charge >= 0.3 is 12.0 Å². The van der Waals surface area contributed by atoms with Crippen molar-refractivity contribution in [1.29, 1.82) is 0 Å². The molecule has 0 fully saturated rings. The van der Waals surface area contributed by atoms with Crippen LogP contribution in [0.2, 0.25) is 0 Å². The van der Waals surface area contributed by atoms with Gasteiger partial charge in [-0.2, -0.15) is 10.1 Å². The number of ether oxygens (including phenoxy) is 1. The second-order valence-corrected chi connectivity index (χ2v) is 4.37. The SMILES string of the molecule is O=[N+]([O-])c1c[nH]nc1-c1nc(-c2ccc(OC(F)(F)F)cc2)no1. The number of rotatable bonds is 4. The van der Waals surface area contributed by atoms with Crippen LogP contribution in [0.5, 0.6) is 5.75 Å².